The minimum Gasteiger partial charge on any atom is -0.296 e. The van der Waals surface area contributed by atoms with Crippen LogP contribution in [0.15, 0.2) is 76.7 Å². The van der Waals surface area contributed by atoms with E-state index in [2.05, 4.69) is 40.8 Å². The minimum absolute atomic E-state index is 0.0813. The number of nitro benzene ring substituents is 1. The number of hydrogen-bond acceptors (Lipinski definition) is 5. The molecular formula is C22H22N4O2S. The first-order valence-corrected chi connectivity index (χ1v) is 10.4. The Morgan fingerprint density at radius 2 is 2.03 bits per heavy atom. The van der Waals surface area contributed by atoms with Crippen molar-refractivity contribution >= 4 is 17.0 Å². The number of non-ortho nitro benzene ring substituents is 1. The number of benzene rings is 2. The first-order chi connectivity index (χ1) is 14.2. The van der Waals surface area contributed by atoms with E-state index < -0.39 is 0 Å². The van der Waals surface area contributed by atoms with Crippen molar-refractivity contribution in [3.8, 4) is 11.3 Å². The number of thiazole rings is 1. The Balaban J connectivity index is 1.60. The first kappa shape index (κ1) is 19.1. The van der Waals surface area contributed by atoms with Crippen molar-refractivity contribution in [2.75, 3.05) is 12.5 Å². The Labute approximate surface area is 173 Å². The minimum atomic E-state index is -0.369. The maximum absolute atomic E-state index is 11.2. The van der Waals surface area contributed by atoms with Crippen LogP contribution >= 0.6 is 11.3 Å². The van der Waals surface area contributed by atoms with E-state index in [1.807, 2.05) is 22.2 Å². The molecule has 0 unspecified atom stereocenters. The molecule has 0 saturated carbocycles. The molecule has 0 radical (unpaired) electrons. The van der Waals surface area contributed by atoms with E-state index in [-0.39, 0.29) is 10.6 Å². The van der Waals surface area contributed by atoms with Crippen LogP contribution in [0.1, 0.15) is 30.7 Å². The molecule has 0 amide bonds. The number of nitrogens with one attached hydrogen (secondary N) is 1. The molecule has 3 aromatic rings. The number of hydrogen-bond donors (Lipinski definition) is 1. The first-order valence-electron chi connectivity index (χ1n) is 9.55. The topological polar surface area (TPSA) is 72.5 Å². The molecule has 0 bridgehead atoms. The van der Waals surface area contributed by atoms with Gasteiger partial charge in [-0.25, -0.2) is 4.68 Å². The molecule has 1 aliphatic rings. The summed E-state index contributed by atoms with van der Waals surface area (Å²) in [6.45, 7) is 0. The van der Waals surface area contributed by atoms with Crippen LogP contribution in [-0.4, -0.2) is 16.6 Å². The van der Waals surface area contributed by atoms with Crippen molar-refractivity contribution in [1.29, 1.82) is 0 Å². The second kappa shape index (κ2) is 8.45. The van der Waals surface area contributed by atoms with Gasteiger partial charge in [-0.1, -0.05) is 48.5 Å². The number of nitrogens with zero attached hydrogens (tertiary/aromatic N) is 3. The van der Waals surface area contributed by atoms with Gasteiger partial charge in [0.05, 0.1) is 10.6 Å². The van der Waals surface area contributed by atoms with E-state index >= 15 is 0 Å². The molecule has 148 valence electrons. The summed E-state index contributed by atoms with van der Waals surface area (Å²) >= 11 is 1.51. The average Bonchev–Trinajstić information content (AvgIpc) is 3.17. The standard InChI is InChI=1S/C22H22N4O2S/c1-23-22-25(21(15-29-22)18-8-5-9-20(14-18)26(27)28)24-19-12-10-17(11-13-19)16-6-3-2-4-7-16/h2-9,12,14-15,17,24H,10-11,13H2,1H3/t17-/m1/s1. The molecule has 0 fully saturated rings. The van der Waals surface area contributed by atoms with Crippen molar-refractivity contribution < 1.29 is 4.92 Å². The van der Waals surface area contributed by atoms with Gasteiger partial charge < -0.3 is 0 Å². The lowest BCUT2D eigenvalue weighted by Gasteiger charge is -2.24. The van der Waals surface area contributed by atoms with Gasteiger partial charge in [-0.15, -0.1) is 11.3 Å². The van der Waals surface area contributed by atoms with E-state index in [0.29, 0.717) is 5.92 Å². The van der Waals surface area contributed by atoms with Gasteiger partial charge in [0.15, 0.2) is 0 Å². The Hall–Kier alpha value is -3.19. The van der Waals surface area contributed by atoms with Crippen molar-refractivity contribution in [2.45, 2.75) is 25.2 Å². The van der Waals surface area contributed by atoms with Crippen LogP contribution in [0.3, 0.4) is 0 Å². The van der Waals surface area contributed by atoms with Gasteiger partial charge in [-0.2, -0.15) is 0 Å². The monoisotopic (exact) mass is 406 g/mol. The fraction of sp³-hybridized carbons (Fsp3) is 0.227. The Morgan fingerprint density at radius 1 is 1.21 bits per heavy atom. The van der Waals surface area contributed by atoms with Crippen LogP contribution in [0, 0.1) is 10.1 Å². The third-order valence-electron chi connectivity index (χ3n) is 5.19. The molecule has 1 heterocycles. The highest BCUT2D eigenvalue weighted by molar-refractivity contribution is 7.07. The van der Waals surface area contributed by atoms with Crippen molar-refractivity contribution in [1.82, 2.24) is 4.68 Å². The third kappa shape index (κ3) is 4.14. The van der Waals surface area contributed by atoms with E-state index in [4.69, 9.17) is 0 Å². The highest BCUT2D eigenvalue weighted by Gasteiger charge is 2.18. The van der Waals surface area contributed by atoms with E-state index in [1.54, 1.807) is 19.2 Å². The van der Waals surface area contributed by atoms with Gasteiger partial charge >= 0.3 is 0 Å². The summed E-state index contributed by atoms with van der Waals surface area (Å²) in [5.41, 5.74) is 7.76. The summed E-state index contributed by atoms with van der Waals surface area (Å²) < 4.78 is 1.93. The van der Waals surface area contributed by atoms with E-state index in [9.17, 15) is 10.1 Å². The smallest absolute Gasteiger partial charge is 0.270 e. The largest absolute Gasteiger partial charge is 0.296 e. The lowest BCUT2D eigenvalue weighted by molar-refractivity contribution is -0.384. The van der Waals surface area contributed by atoms with Crippen LogP contribution in [0.4, 0.5) is 5.69 Å². The highest BCUT2D eigenvalue weighted by Crippen LogP contribution is 2.32. The molecule has 6 nitrogen and oxygen atoms in total. The predicted octanol–water partition coefficient (Wildman–Crippen LogP) is 5.05. The van der Waals surface area contributed by atoms with Gasteiger partial charge in [0.2, 0.25) is 4.80 Å². The summed E-state index contributed by atoms with van der Waals surface area (Å²) in [7, 11) is 1.75. The number of rotatable bonds is 5. The number of allylic oxidation sites excluding steroid dienone is 2. The van der Waals surface area contributed by atoms with Crippen LogP contribution in [-0.2, 0) is 0 Å². The van der Waals surface area contributed by atoms with Crippen molar-refractivity contribution in [2.24, 2.45) is 4.99 Å². The second-order valence-electron chi connectivity index (χ2n) is 6.99. The molecule has 1 atom stereocenters. The molecule has 1 aromatic heterocycles. The third-order valence-corrected chi connectivity index (χ3v) is 6.11. The molecule has 0 spiro atoms. The summed E-state index contributed by atoms with van der Waals surface area (Å²) in [6, 6.07) is 17.3. The Morgan fingerprint density at radius 3 is 2.72 bits per heavy atom. The summed E-state index contributed by atoms with van der Waals surface area (Å²) in [6.07, 6.45) is 5.27. The summed E-state index contributed by atoms with van der Waals surface area (Å²) in [5, 5.41) is 13.1. The lowest BCUT2D eigenvalue weighted by Crippen LogP contribution is -2.27. The molecule has 2 aromatic carbocycles. The predicted molar refractivity (Wildman–Crippen MR) is 116 cm³/mol. The zero-order chi connectivity index (χ0) is 20.2. The normalized spacial score (nSPS) is 17.1. The average molecular weight is 407 g/mol. The summed E-state index contributed by atoms with van der Waals surface area (Å²) in [4.78, 5) is 16.0. The lowest BCUT2D eigenvalue weighted by atomic mass is 9.87. The fourth-order valence-corrected chi connectivity index (χ4v) is 4.47. The maximum Gasteiger partial charge on any atom is 0.270 e. The number of aromatic nitrogens is 1. The molecule has 1 aliphatic carbocycles. The van der Waals surface area contributed by atoms with Gasteiger partial charge in [-0.05, 0) is 30.7 Å². The Bertz CT molecular complexity index is 1120. The molecule has 7 heteroatoms. The van der Waals surface area contributed by atoms with Gasteiger partial charge in [-0.3, -0.25) is 20.5 Å². The maximum atomic E-state index is 11.2. The van der Waals surface area contributed by atoms with E-state index in [0.717, 1.165) is 41.0 Å². The van der Waals surface area contributed by atoms with Gasteiger partial charge in [0.25, 0.3) is 5.69 Å². The van der Waals surface area contributed by atoms with Gasteiger partial charge in [0.1, 0.15) is 0 Å². The van der Waals surface area contributed by atoms with Gasteiger partial charge in [0, 0.05) is 35.8 Å². The Kier molecular flexibility index (Phi) is 5.57. The zero-order valence-corrected chi connectivity index (χ0v) is 16.9. The second-order valence-corrected chi connectivity index (χ2v) is 7.83. The molecule has 4 rings (SSSR count). The van der Waals surface area contributed by atoms with Crippen LogP contribution in [0.2, 0.25) is 0 Å². The highest BCUT2D eigenvalue weighted by atomic mass is 32.1. The molecule has 29 heavy (non-hydrogen) atoms. The zero-order valence-electron chi connectivity index (χ0n) is 16.1. The molecule has 1 N–H and O–H groups in total. The SMILES string of the molecule is CN=c1scc(-c2cccc([N+](=O)[O-])c2)n1NC1=CC[C@@H](c2ccccc2)CC1. The van der Waals surface area contributed by atoms with Crippen molar-refractivity contribution in [3.05, 3.63) is 92.2 Å². The van der Waals surface area contributed by atoms with Crippen LogP contribution in [0.25, 0.3) is 11.3 Å². The summed E-state index contributed by atoms with van der Waals surface area (Å²) in [5.74, 6) is 0.542. The quantitative estimate of drug-likeness (QED) is 0.476. The van der Waals surface area contributed by atoms with Crippen molar-refractivity contribution in [3.63, 3.8) is 0 Å². The molecular weight excluding hydrogens is 384 g/mol. The fourth-order valence-electron chi connectivity index (χ4n) is 3.66. The van der Waals surface area contributed by atoms with Crippen LogP contribution in [0.5, 0.6) is 0 Å². The molecule has 0 saturated heterocycles. The van der Waals surface area contributed by atoms with E-state index in [1.165, 1.54) is 23.0 Å². The van der Waals surface area contributed by atoms with Crippen LogP contribution < -0.4 is 10.2 Å². The number of nitro groups is 1. The molecule has 0 aliphatic heterocycles.